The second kappa shape index (κ2) is 58.3. The van der Waals surface area contributed by atoms with Crippen LogP contribution in [0.15, 0.2) is 85.1 Å². The summed E-state index contributed by atoms with van der Waals surface area (Å²) < 4.78 is 23.5. The molecule has 1 amide bonds. The van der Waals surface area contributed by atoms with E-state index in [9.17, 15) is 19.4 Å². The molecule has 8 nitrogen and oxygen atoms in total. The van der Waals surface area contributed by atoms with Gasteiger partial charge in [-0.1, -0.05) is 298 Å². The number of carbonyl (C=O) groups is 1. The van der Waals surface area contributed by atoms with E-state index in [0.29, 0.717) is 23.9 Å². The third-order valence-corrected chi connectivity index (χ3v) is 15.4. The summed E-state index contributed by atoms with van der Waals surface area (Å²) in [5.41, 5.74) is 0. The monoisotopic (exact) mass is 1100 g/mol. The van der Waals surface area contributed by atoms with E-state index in [2.05, 4.69) is 104 Å². The number of carbonyl (C=O) groups excluding carboxylic acids is 1. The van der Waals surface area contributed by atoms with Gasteiger partial charge in [-0.25, -0.2) is 0 Å². The van der Waals surface area contributed by atoms with E-state index in [-0.39, 0.29) is 19.1 Å². The number of phosphoric acid groups is 1. The minimum absolute atomic E-state index is 0.00617. The molecule has 0 aliphatic carbocycles. The Balaban J connectivity index is 4.16. The van der Waals surface area contributed by atoms with Gasteiger partial charge in [-0.05, 0) is 70.6 Å². The lowest BCUT2D eigenvalue weighted by atomic mass is 10.0. The predicted molar refractivity (Wildman–Crippen MR) is 334 cm³/mol. The second-order valence-corrected chi connectivity index (χ2v) is 24.5. The minimum atomic E-state index is -4.59. The van der Waals surface area contributed by atoms with Crippen LogP contribution in [0.4, 0.5) is 0 Å². The highest BCUT2D eigenvalue weighted by Gasteiger charge is 2.24. The van der Waals surface area contributed by atoms with Gasteiger partial charge in [0.2, 0.25) is 5.91 Å². The Morgan fingerprint density at radius 1 is 0.468 bits per heavy atom. The number of nitrogens with zero attached hydrogens (tertiary/aromatic N) is 1. The molecule has 9 heteroatoms. The summed E-state index contributed by atoms with van der Waals surface area (Å²) in [6.45, 7) is 4.62. The molecule has 0 saturated heterocycles. The van der Waals surface area contributed by atoms with Crippen LogP contribution in [0.2, 0.25) is 0 Å². The number of rotatable bonds is 59. The largest absolute Gasteiger partial charge is 0.756 e. The summed E-state index contributed by atoms with van der Waals surface area (Å²) in [6, 6.07) is -0.814. The van der Waals surface area contributed by atoms with Crippen LogP contribution in [0.5, 0.6) is 0 Å². The molecule has 0 spiro atoms. The lowest BCUT2D eigenvalue weighted by Gasteiger charge is -2.30. The summed E-state index contributed by atoms with van der Waals surface area (Å²) in [6.07, 6.45) is 82.0. The molecule has 0 aliphatic rings. The Labute approximate surface area is 477 Å². The standard InChI is InChI=1S/C68H125N2O6P/c1-6-8-10-12-14-16-18-20-22-24-26-28-30-32-34-35-36-38-40-42-44-46-48-50-52-54-56-58-60-62-68(72)69-66(65-76-77(73,74)75-64-63-70(3,4)5)67(71)61-59-57-55-53-51-49-47-45-43-41-39-37-33-31-29-27-25-23-21-19-17-15-13-11-9-7-2/h8,10,14,16,20,22,26,28,32,34,36,38,42,44,66-67,71H,6-7,9,11-13,15,17-19,21,23-25,27,29-31,33,35,37,39-41,43,45-65H2,1-5H3,(H-,69,72,73,74)/b10-8-,16-14-,22-20-,28-26-,34-32-,38-36-,44-42-. The second-order valence-electron chi connectivity index (χ2n) is 23.1. The number of unbranched alkanes of at least 4 members (excludes halogenated alkanes) is 32. The molecule has 0 fully saturated rings. The van der Waals surface area contributed by atoms with Crippen LogP contribution in [0.3, 0.4) is 0 Å². The normalized spacial score (nSPS) is 14.3. The number of amides is 1. The van der Waals surface area contributed by atoms with Gasteiger partial charge in [0.1, 0.15) is 13.2 Å². The van der Waals surface area contributed by atoms with Crippen LogP contribution in [-0.2, 0) is 18.4 Å². The van der Waals surface area contributed by atoms with Crippen LogP contribution in [0.1, 0.15) is 290 Å². The number of aliphatic hydroxyl groups excluding tert-OH is 1. The number of quaternary nitrogens is 1. The number of allylic oxidation sites excluding steroid dienone is 14. The topological polar surface area (TPSA) is 108 Å². The molecule has 3 unspecified atom stereocenters. The smallest absolute Gasteiger partial charge is 0.268 e. The highest BCUT2D eigenvalue weighted by atomic mass is 31.2. The molecule has 0 aromatic carbocycles. The van der Waals surface area contributed by atoms with Gasteiger partial charge in [-0.2, -0.15) is 0 Å². The number of hydrogen-bond donors (Lipinski definition) is 2. The average Bonchev–Trinajstić information content (AvgIpc) is 3.39. The summed E-state index contributed by atoms with van der Waals surface area (Å²) in [5, 5.41) is 14.1. The molecule has 2 N–H and O–H groups in total. The van der Waals surface area contributed by atoms with Crippen LogP contribution < -0.4 is 10.2 Å². The van der Waals surface area contributed by atoms with Crippen molar-refractivity contribution >= 4 is 13.7 Å². The van der Waals surface area contributed by atoms with E-state index in [1.807, 2.05) is 21.1 Å². The van der Waals surface area contributed by atoms with Crippen molar-refractivity contribution in [3.63, 3.8) is 0 Å². The maximum absolute atomic E-state index is 13.0. The Kier molecular flexibility index (Phi) is 56.6. The Morgan fingerprint density at radius 3 is 1.16 bits per heavy atom. The average molecular weight is 1100 g/mol. The first-order valence-electron chi connectivity index (χ1n) is 32.4. The van der Waals surface area contributed by atoms with Crippen LogP contribution >= 0.6 is 7.82 Å². The molecule has 0 rings (SSSR count). The molecule has 0 aliphatic heterocycles. The van der Waals surface area contributed by atoms with E-state index < -0.39 is 20.0 Å². The summed E-state index contributed by atoms with van der Waals surface area (Å²) in [4.78, 5) is 25.6. The molecule has 0 aromatic rings. The highest BCUT2D eigenvalue weighted by molar-refractivity contribution is 7.45. The third kappa shape index (κ3) is 61.2. The number of aliphatic hydroxyl groups is 1. The van der Waals surface area contributed by atoms with Gasteiger partial charge in [0.15, 0.2) is 0 Å². The quantitative estimate of drug-likeness (QED) is 0.0272. The molecule has 3 atom stereocenters. The fourth-order valence-electron chi connectivity index (χ4n) is 9.38. The molecule has 0 heterocycles. The maximum atomic E-state index is 13.0. The highest BCUT2D eigenvalue weighted by Crippen LogP contribution is 2.38. The first-order valence-corrected chi connectivity index (χ1v) is 33.9. The van der Waals surface area contributed by atoms with Gasteiger partial charge < -0.3 is 28.8 Å². The zero-order valence-corrected chi connectivity index (χ0v) is 52.0. The van der Waals surface area contributed by atoms with Crippen molar-refractivity contribution in [1.29, 1.82) is 0 Å². The van der Waals surface area contributed by atoms with Crippen molar-refractivity contribution in [3.05, 3.63) is 85.1 Å². The summed E-state index contributed by atoms with van der Waals surface area (Å²) in [5.74, 6) is -0.176. The number of hydrogen-bond acceptors (Lipinski definition) is 6. The van der Waals surface area contributed by atoms with E-state index in [1.54, 1.807) is 0 Å². The number of nitrogens with one attached hydrogen (secondary N) is 1. The van der Waals surface area contributed by atoms with Crippen molar-refractivity contribution < 1.29 is 32.9 Å². The van der Waals surface area contributed by atoms with Crippen LogP contribution in [0.25, 0.3) is 0 Å². The van der Waals surface area contributed by atoms with Gasteiger partial charge in [0.25, 0.3) is 7.82 Å². The minimum Gasteiger partial charge on any atom is -0.756 e. The Bertz CT molecular complexity index is 1530. The predicted octanol–water partition coefficient (Wildman–Crippen LogP) is 19.7. The molecule has 77 heavy (non-hydrogen) atoms. The maximum Gasteiger partial charge on any atom is 0.268 e. The molecule has 448 valence electrons. The van der Waals surface area contributed by atoms with Crippen molar-refractivity contribution in [1.82, 2.24) is 5.32 Å². The van der Waals surface area contributed by atoms with Crippen molar-refractivity contribution in [3.8, 4) is 0 Å². The van der Waals surface area contributed by atoms with Crippen molar-refractivity contribution in [2.75, 3.05) is 40.9 Å². The first kappa shape index (κ1) is 74.7. The Hall–Kier alpha value is -2.32. The van der Waals surface area contributed by atoms with Crippen molar-refractivity contribution in [2.45, 2.75) is 302 Å². The molecule has 0 aromatic heterocycles. The van der Waals surface area contributed by atoms with E-state index >= 15 is 0 Å². The molecular formula is C68H125N2O6P. The molecule has 0 radical (unpaired) electrons. The number of likely N-dealkylation sites (N-methyl/N-ethyl adjacent to an activating group) is 1. The fraction of sp³-hybridized carbons (Fsp3) is 0.779. The lowest BCUT2D eigenvalue weighted by Crippen LogP contribution is -2.46. The van der Waals surface area contributed by atoms with Gasteiger partial charge in [0.05, 0.1) is 39.9 Å². The van der Waals surface area contributed by atoms with E-state index in [1.165, 1.54) is 167 Å². The zero-order chi connectivity index (χ0) is 56.3. The van der Waals surface area contributed by atoms with Gasteiger partial charge in [-0.15, -0.1) is 0 Å². The van der Waals surface area contributed by atoms with Gasteiger partial charge in [0, 0.05) is 6.42 Å². The summed E-state index contributed by atoms with van der Waals surface area (Å²) in [7, 11) is 1.29. The van der Waals surface area contributed by atoms with Crippen molar-refractivity contribution in [2.24, 2.45) is 0 Å². The molecule has 0 saturated carbocycles. The fourth-order valence-corrected chi connectivity index (χ4v) is 10.1. The number of phosphoric ester groups is 1. The van der Waals surface area contributed by atoms with Crippen LogP contribution in [-0.4, -0.2) is 68.5 Å². The van der Waals surface area contributed by atoms with Gasteiger partial charge in [-0.3, -0.25) is 9.36 Å². The van der Waals surface area contributed by atoms with E-state index in [0.717, 1.165) is 96.3 Å². The molecule has 0 bridgehead atoms. The first-order chi connectivity index (χ1) is 37.5. The van der Waals surface area contributed by atoms with Gasteiger partial charge >= 0.3 is 0 Å². The SMILES string of the molecule is CC/C=C\C/C=C\C/C=C\C/C=C\C/C=C\C/C=C\C/C=C\CCCCCCCCCC(=O)NC(COP(=O)([O-])OCC[N+](C)(C)C)C(O)CCCCCCCCCCCCCCCCCCCCCCCCCCCC. The van der Waals surface area contributed by atoms with E-state index in [4.69, 9.17) is 9.05 Å². The lowest BCUT2D eigenvalue weighted by molar-refractivity contribution is -0.870. The van der Waals surface area contributed by atoms with Crippen LogP contribution in [0, 0.1) is 0 Å². The zero-order valence-electron chi connectivity index (χ0n) is 51.1. The molecular weight excluding hydrogens is 972 g/mol. The summed E-state index contributed by atoms with van der Waals surface area (Å²) >= 11 is 0. The Morgan fingerprint density at radius 2 is 0.792 bits per heavy atom. The third-order valence-electron chi connectivity index (χ3n) is 14.4.